The molecule has 0 aromatic rings. The standard InChI is InChI=1S/C12H26NSi/c1-7-8-9-10-11-13(2,3)12-14(4,5)6/h7-10H,11-12H2,1-6H3/q+1/b8-7+,10-9+. The van der Waals surface area contributed by atoms with Crippen LogP contribution in [0.1, 0.15) is 6.92 Å². The molecule has 0 saturated carbocycles. The number of likely N-dealkylation sites (N-methyl/N-ethyl adjacent to an activating group) is 1. The molecule has 0 amide bonds. The van der Waals surface area contributed by atoms with Crippen molar-refractivity contribution in [2.45, 2.75) is 26.6 Å². The van der Waals surface area contributed by atoms with Gasteiger partial charge in [0.05, 0.1) is 26.8 Å². The lowest BCUT2D eigenvalue weighted by Crippen LogP contribution is -2.50. The quantitative estimate of drug-likeness (QED) is 0.373. The minimum absolute atomic E-state index is 0.941. The highest BCUT2D eigenvalue weighted by Gasteiger charge is 2.24. The molecule has 0 heterocycles. The second-order valence-electron chi connectivity index (χ2n) is 5.79. The molecule has 2 heteroatoms. The first-order chi connectivity index (χ1) is 6.27. The summed E-state index contributed by atoms with van der Waals surface area (Å²) >= 11 is 0. The maximum Gasteiger partial charge on any atom is 0.110 e. The van der Waals surface area contributed by atoms with Crippen LogP contribution in [0.25, 0.3) is 0 Å². The van der Waals surface area contributed by atoms with E-state index in [1.165, 1.54) is 6.17 Å². The minimum Gasteiger partial charge on any atom is -0.329 e. The van der Waals surface area contributed by atoms with Gasteiger partial charge in [0.15, 0.2) is 0 Å². The molecule has 0 aliphatic carbocycles. The van der Waals surface area contributed by atoms with E-state index < -0.39 is 8.07 Å². The van der Waals surface area contributed by atoms with Crippen molar-refractivity contribution in [2.75, 3.05) is 26.8 Å². The van der Waals surface area contributed by atoms with Crippen molar-refractivity contribution < 1.29 is 4.48 Å². The molecule has 82 valence electrons. The molecule has 0 rings (SSSR count). The zero-order chi connectivity index (χ0) is 11.2. The molecule has 0 bridgehead atoms. The van der Waals surface area contributed by atoms with E-state index in [0.29, 0.717) is 0 Å². The number of quaternary nitrogens is 1. The zero-order valence-corrected chi connectivity index (χ0v) is 11.7. The van der Waals surface area contributed by atoms with E-state index in [1.807, 2.05) is 6.92 Å². The van der Waals surface area contributed by atoms with Gasteiger partial charge in [0, 0.05) is 0 Å². The molecule has 0 aliphatic rings. The molecule has 0 radical (unpaired) electrons. The maximum absolute atomic E-state index is 2.43. The van der Waals surface area contributed by atoms with Crippen LogP contribution in [0.3, 0.4) is 0 Å². The smallest absolute Gasteiger partial charge is 0.110 e. The summed E-state index contributed by atoms with van der Waals surface area (Å²) in [6.07, 6.45) is 9.90. The van der Waals surface area contributed by atoms with E-state index in [1.54, 1.807) is 0 Å². The Hall–Kier alpha value is -0.343. The zero-order valence-electron chi connectivity index (χ0n) is 10.7. The monoisotopic (exact) mass is 212 g/mol. The number of allylic oxidation sites excluding steroid dienone is 3. The van der Waals surface area contributed by atoms with Gasteiger partial charge in [-0.2, -0.15) is 0 Å². The minimum atomic E-state index is -0.941. The lowest BCUT2D eigenvalue weighted by Gasteiger charge is -2.34. The largest absolute Gasteiger partial charge is 0.329 e. The summed E-state index contributed by atoms with van der Waals surface area (Å²) < 4.78 is 1.11. The topological polar surface area (TPSA) is 0 Å². The van der Waals surface area contributed by atoms with Crippen molar-refractivity contribution >= 4 is 8.07 Å². The van der Waals surface area contributed by atoms with Crippen molar-refractivity contribution in [1.82, 2.24) is 0 Å². The summed E-state index contributed by atoms with van der Waals surface area (Å²) in [5, 5.41) is 0. The molecular weight excluding hydrogens is 186 g/mol. The normalized spacial score (nSPS) is 14.4. The van der Waals surface area contributed by atoms with Crippen LogP contribution in [-0.2, 0) is 0 Å². The van der Waals surface area contributed by atoms with Crippen molar-refractivity contribution in [3.05, 3.63) is 24.3 Å². The van der Waals surface area contributed by atoms with Gasteiger partial charge in [-0.3, -0.25) is 0 Å². The number of hydrogen-bond donors (Lipinski definition) is 0. The first kappa shape index (κ1) is 13.7. The third kappa shape index (κ3) is 8.26. The molecule has 0 aliphatic heterocycles. The van der Waals surface area contributed by atoms with Crippen molar-refractivity contribution in [2.24, 2.45) is 0 Å². The van der Waals surface area contributed by atoms with Gasteiger partial charge in [-0.05, 0) is 13.0 Å². The summed E-state index contributed by atoms with van der Waals surface area (Å²) in [6, 6.07) is 0. The van der Waals surface area contributed by atoms with Gasteiger partial charge in [0.1, 0.15) is 8.07 Å². The van der Waals surface area contributed by atoms with E-state index in [9.17, 15) is 0 Å². The molecule has 1 nitrogen and oxygen atoms in total. The average molecular weight is 212 g/mol. The highest BCUT2D eigenvalue weighted by Crippen LogP contribution is 2.08. The Bertz CT molecular complexity index is 209. The van der Waals surface area contributed by atoms with Crippen LogP contribution < -0.4 is 0 Å². The van der Waals surface area contributed by atoms with Gasteiger partial charge in [-0.1, -0.05) is 37.9 Å². The third-order valence-electron chi connectivity index (χ3n) is 1.94. The predicted octanol–water partition coefficient (Wildman–Crippen LogP) is 3.07. The van der Waals surface area contributed by atoms with E-state index in [-0.39, 0.29) is 0 Å². The Balaban J connectivity index is 4.07. The second kappa shape index (κ2) is 5.52. The molecule has 0 saturated heterocycles. The first-order valence-electron chi connectivity index (χ1n) is 5.37. The van der Waals surface area contributed by atoms with Gasteiger partial charge in [0.25, 0.3) is 0 Å². The number of nitrogens with zero attached hydrogens (tertiary/aromatic N) is 1. The third-order valence-corrected chi connectivity index (χ3v) is 3.75. The van der Waals surface area contributed by atoms with Gasteiger partial charge < -0.3 is 4.48 Å². The van der Waals surface area contributed by atoms with E-state index in [4.69, 9.17) is 0 Å². The van der Waals surface area contributed by atoms with E-state index >= 15 is 0 Å². The number of hydrogen-bond acceptors (Lipinski definition) is 0. The Labute approximate surface area is 90.7 Å². The molecule has 0 aromatic heterocycles. The summed E-state index contributed by atoms with van der Waals surface area (Å²) in [5.74, 6) is 0. The fourth-order valence-corrected chi connectivity index (χ4v) is 4.58. The fraction of sp³-hybridized carbons (Fsp3) is 0.667. The molecule has 0 spiro atoms. The van der Waals surface area contributed by atoms with Gasteiger partial charge >= 0.3 is 0 Å². The highest BCUT2D eigenvalue weighted by atomic mass is 28.3. The molecule has 0 unspecified atom stereocenters. The molecule has 0 N–H and O–H groups in total. The second-order valence-corrected chi connectivity index (χ2v) is 11.2. The predicted molar refractivity (Wildman–Crippen MR) is 69.1 cm³/mol. The SMILES string of the molecule is C/C=C/C=C/C[N+](C)(C)C[Si](C)(C)C. The summed E-state index contributed by atoms with van der Waals surface area (Å²) in [5.41, 5.74) is 0. The Kier molecular flexibility index (Phi) is 5.38. The lowest BCUT2D eigenvalue weighted by atomic mass is 10.4. The van der Waals surface area contributed by atoms with E-state index in [2.05, 4.69) is 58.0 Å². The molecule has 0 aromatic carbocycles. The Morgan fingerprint density at radius 2 is 1.64 bits per heavy atom. The van der Waals surface area contributed by atoms with Gasteiger partial charge in [-0.25, -0.2) is 0 Å². The van der Waals surface area contributed by atoms with Crippen molar-refractivity contribution in [3.8, 4) is 0 Å². The van der Waals surface area contributed by atoms with Gasteiger partial charge in [0.2, 0.25) is 0 Å². The van der Waals surface area contributed by atoms with Gasteiger partial charge in [-0.15, -0.1) is 0 Å². The summed E-state index contributed by atoms with van der Waals surface area (Å²) in [6.45, 7) is 10.5. The average Bonchev–Trinajstić information content (AvgIpc) is 1.93. The van der Waals surface area contributed by atoms with Crippen molar-refractivity contribution in [3.63, 3.8) is 0 Å². The molecule has 0 atom stereocenters. The molecular formula is C12H26NSi+. The molecule has 14 heavy (non-hydrogen) atoms. The van der Waals surface area contributed by atoms with Crippen LogP contribution >= 0.6 is 0 Å². The van der Waals surface area contributed by atoms with Crippen LogP contribution in [0.5, 0.6) is 0 Å². The Morgan fingerprint density at radius 3 is 2.07 bits per heavy atom. The van der Waals surface area contributed by atoms with Crippen LogP contribution in [0.4, 0.5) is 0 Å². The first-order valence-corrected chi connectivity index (χ1v) is 9.07. The molecule has 0 fully saturated rings. The van der Waals surface area contributed by atoms with Crippen LogP contribution in [0.2, 0.25) is 19.6 Å². The van der Waals surface area contributed by atoms with Crippen molar-refractivity contribution in [1.29, 1.82) is 0 Å². The fourth-order valence-electron chi connectivity index (χ4n) is 1.88. The Morgan fingerprint density at radius 1 is 1.07 bits per heavy atom. The van der Waals surface area contributed by atoms with E-state index in [0.717, 1.165) is 11.0 Å². The van der Waals surface area contributed by atoms with Crippen LogP contribution in [-0.4, -0.2) is 39.4 Å². The van der Waals surface area contributed by atoms with Crippen LogP contribution in [0.15, 0.2) is 24.3 Å². The maximum atomic E-state index is 2.43. The van der Waals surface area contributed by atoms with Crippen LogP contribution in [0, 0.1) is 0 Å². The lowest BCUT2D eigenvalue weighted by molar-refractivity contribution is -0.874. The summed E-state index contributed by atoms with van der Waals surface area (Å²) in [4.78, 5) is 0. The summed E-state index contributed by atoms with van der Waals surface area (Å²) in [7, 11) is 3.69. The highest BCUT2D eigenvalue weighted by molar-refractivity contribution is 6.75. The number of rotatable bonds is 5.